The average Bonchev–Trinajstić information content (AvgIpc) is 3.04. The van der Waals surface area contributed by atoms with Crippen molar-refractivity contribution in [3.05, 3.63) is 59.1 Å². The van der Waals surface area contributed by atoms with Crippen LogP contribution in [0.1, 0.15) is 43.0 Å². The molecular weight excluding hydrogens is 438 g/mol. The maximum atomic E-state index is 13.0. The smallest absolute Gasteiger partial charge is 0.253 e. The zero-order chi connectivity index (χ0) is 22.4. The number of hydrogen-bond donors (Lipinski definition) is 2. The van der Waals surface area contributed by atoms with Crippen molar-refractivity contribution in [3.63, 3.8) is 0 Å². The highest BCUT2D eigenvalue weighted by Gasteiger charge is 2.26. The number of nitrogens with zero attached hydrogens (tertiary/aromatic N) is 1. The van der Waals surface area contributed by atoms with Gasteiger partial charge >= 0.3 is 0 Å². The molecular formula is C22H26ClN3O4S. The summed E-state index contributed by atoms with van der Waals surface area (Å²) < 4.78 is 27.5. The Morgan fingerprint density at radius 1 is 1.00 bits per heavy atom. The van der Waals surface area contributed by atoms with Crippen molar-refractivity contribution in [1.29, 1.82) is 0 Å². The van der Waals surface area contributed by atoms with Crippen LogP contribution in [0.5, 0.6) is 0 Å². The third kappa shape index (κ3) is 5.84. The van der Waals surface area contributed by atoms with Crippen molar-refractivity contribution >= 4 is 39.1 Å². The zero-order valence-corrected chi connectivity index (χ0v) is 18.9. The van der Waals surface area contributed by atoms with Crippen molar-refractivity contribution in [2.75, 3.05) is 18.4 Å². The maximum absolute atomic E-state index is 13.0. The fraction of sp³-hybridized carbons (Fsp3) is 0.364. The topological polar surface area (TPSA) is 95.6 Å². The zero-order valence-electron chi connectivity index (χ0n) is 17.3. The van der Waals surface area contributed by atoms with Crippen molar-refractivity contribution in [2.24, 2.45) is 0 Å². The molecule has 166 valence electrons. The second kappa shape index (κ2) is 10.3. The summed E-state index contributed by atoms with van der Waals surface area (Å²) in [6.45, 7) is 2.55. The Morgan fingerprint density at radius 3 is 2.35 bits per heavy atom. The van der Waals surface area contributed by atoms with E-state index in [4.69, 9.17) is 11.6 Å². The lowest BCUT2D eigenvalue weighted by atomic mass is 10.2. The monoisotopic (exact) mass is 463 g/mol. The van der Waals surface area contributed by atoms with Gasteiger partial charge in [0.15, 0.2) is 0 Å². The van der Waals surface area contributed by atoms with E-state index in [2.05, 4.69) is 10.6 Å². The quantitative estimate of drug-likeness (QED) is 0.683. The van der Waals surface area contributed by atoms with Crippen LogP contribution in [0.15, 0.2) is 53.4 Å². The van der Waals surface area contributed by atoms with Gasteiger partial charge in [-0.15, -0.1) is 0 Å². The van der Waals surface area contributed by atoms with Crippen LogP contribution < -0.4 is 10.6 Å². The molecule has 0 unspecified atom stereocenters. The summed E-state index contributed by atoms with van der Waals surface area (Å²) in [6.07, 6.45) is 3.75. The number of halogens is 1. The molecule has 3 rings (SSSR count). The molecule has 0 radical (unpaired) electrons. The molecule has 0 saturated carbocycles. The first-order valence-corrected chi connectivity index (χ1v) is 12.1. The van der Waals surface area contributed by atoms with Crippen LogP contribution in [-0.2, 0) is 14.8 Å². The summed E-state index contributed by atoms with van der Waals surface area (Å²) in [5, 5.41) is 5.56. The first-order valence-electron chi connectivity index (χ1n) is 10.3. The number of benzene rings is 2. The Hall–Kier alpha value is -2.42. The van der Waals surface area contributed by atoms with Gasteiger partial charge in [-0.1, -0.05) is 42.6 Å². The Balaban J connectivity index is 1.68. The summed E-state index contributed by atoms with van der Waals surface area (Å²) in [5.41, 5.74) is 0.620. The molecule has 0 spiro atoms. The molecule has 9 heteroatoms. The Labute approximate surface area is 187 Å². The minimum Gasteiger partial charge on any atom is -0.340 e. The van der Waals surface area contributed by atoms with Crippen LogP contribution in [-0.4, -0.2) is 43.7 Å². The Kier molecular flexibility index (Phi) is 7.69. The van der Waals surface area contributed by atoms with Crippen LogP contribution in [0.4, 0.5) is 5.69 Å². The van der Waals surface area contributed by atoms with Gasteiger partial charge in [-0.2, -0.15) is 4.31 Å². The van der Waals surface area contributed by atoms with Gasteiger partial charge in [0.2, 0.25) is 15.9 Å². The molecule has 1 atom stereocenters. The van der Waals surface area contributed by atoms with Gasteiger partial charge in [-0.05, 0) is 50.1 Å². The molecule has 1 fully saturated rings. The average molecular weight is 464 g/mol. The lowest BCUT2D eigenvalue weighted by Crippen LogP contribution is -2.41. The predicted octanol–water partition coefficient (Wildman–Crippen LogP) is 3.66. The second-order valence-corrected chi connectivity index (χ2v) is 9.86. The molecule has 2 amide bonds. The Morgan fingerprint density at radius 2 is 1.68 bits per heavy atom. The summed E-state index contributed by atoms with van der Waals surface area (Å²) in [6, 6.07) is 11.9. The van der Waals surface area contributed by atoms with Gasteiger partial charge in [-0.25, -0.2) is 8.42 Å². The molecule has 2 N–H and O–H groups in total. The van der Waals surface area contributed by atoms with E-state index < -0.39 is 27.9 Å². The van der Waals surface area contributed by atoms with E-state index in [9.17, 15) is 18.0 Å². The second-order valence-electron chi connectivity index (χ2n) is 7.51. The number of hydrogen-bond acceptors (Lipinski definition) is 4. The lowest BCUT2D eigenvalue weighted by molar-refractivity contribution is -0.117. The fourth-order valence-corrected chi connectivity index (χ4v) is 5.19. The van der Waals surface area contributed by atoms with Gasteiger partial charge in [-0.3, -0.25) is 9.59 Å². The summed E-state index contributed by atoms with van der Waals surface area (Å²) in [4.78, 5) is 25.1. The highest BCUT2D eigenvalue weighted by molar-refractivity contribution is 7.89. The van der Waals surface area contributed by atoms with Crippen LogP contribution >= 0.6 is 11.6 Å². The van der Waals surface area contributed by atoms with Crippen molar-refractivity contribution < 1.29 is 18.0 Å². The van der Waals surface area contributed by atoms with Crippen LogP contribution in [0, 0.1) is 0 Å². The van der Waals surface area contributed by atoms with Gasteiger partial charge in [0.1, 0.15) is 6.04 Å². The molecule has 1 aliphatic heterocycles. The van der Waals surface area contributed by atoms with E-state index >= 15 is 0 Å². The predicted molar refractivity (Wildman–Crippen MR) is 121 cm³/mol. The molecule has 0 aromatic heterocycles. The largest absolute Gasteiger partial charge is 0.340 e. The minimum absolute atomic E-state index is 0.139. The number of sulfonamides is 1. The minimum atomic E-state index is -3.63. The van der Waals surface area contributed by atoms with Gasteiger partial charge in [0, 0.05) is 18.8 Å². The molecule has 1 saturated heterocycles. The molecule has 7 nitrogen and oxygen atoms in total. The van der Waals surface area contributed by atoms with Gasteiger partial charge in [0.05, 0.1) is 15.5 Å². The summed E-state index contributed by atoms with van der Waals surface area (Å²) in [5.74, 6) is -0.935. The number of rotatable bonds is 6. The van der Waals surface area contributed by atoms with E-state index in [0.717, 1.165) is 25.7 Å². The molecule has 1 heterocycles. The van der Waals surface area contributed by atoms with Crippen molar-refractivity contribution in [1.82, 2.24) is 9.62 Å². The molecule has 31 heavy (non-hydrogen) atoms. The van der Waals surface area contributed by atoms with E-state index in [-0.39, 0.29) is 10.5 Å². The van der Waals surface area contributed by atoms with Crippen LogP contribution in [0.3, 0.4) is 0 Å². The third-order valence-corrected chi connectivity index (χ3v) is 7.39. The first-order chi connectivity index (χ1) is 14.8. The number of carbonyl (C=O) groups excluding carboxylic acids is 2. The van der Waals surface area contributed by atoms with Crippen LogP contribution in [0.2, 0.25) is 5.02 Å². The van der Waals surface area contributed by atoms with E-state index in [1.54, 1.807) is 43.3 Å². The van der Waals surface area contributed by atoms with Crippen molar-refractivity contribution in [3.8, 4) is 0 Å². The summed E-state index contributed by atoms with van der Waals surface area (Å²) >= 11 is 6.02. The molecule has 0 aliphatic carbocycles. The molecule has 1 aliphatic rings. The van der Waals surface area contributed by atoms with Crippen LogP contribution in [0.25, 0.3) is 0 Å². The highest BCUT2D eigenvalue weighted by atomic mass is 35.5. The normalized spacial score (nSPS) is 16.2. The third-order valence-electron chi connectivity index (χ3n) is 5.16. The fourth-order valence-electron chi connectivity index (χ4n) is 3.40. The number of amides is 2. The number of nitrogens with one attached hydrogen (secondary N) is 2. The molecule has 0 bridgehead atoms. The SMILES string of the molecule is C[C@H](NC(=O)c1ccccc1Cl)C(=O)Nc1cccc(S(=O)(=O)N2CCCCCC2)c1. The van der Waals surface area contributed by atoms with Crippen molar-refractivity contribution in [2.45, 2.75) is 43.5 Å². The molecule has 2 aromatic carbocycles. The highest BCUT2D eigenvalue weighted by Crippen LogP contribution is 2.23. The van der Waals surface area contributed by atoms with Gasteiger partial charge < -0.3 is 10.6 Å². The standard InChI is InChI=1S/C22H26ClN3O4S/c1-16(24-22(28)19-11-4-5-12-20(19)23)21(27)25-17-9-8-10-18(15-17)31(29,30)26-13-6-2-3-7-14-26/h4-5,8-12,15-16H,2-3,6-7,13-14H2,1H3,(H,24,28)(H,25,27)/t16-/m0/s1. The first kappa shape index (κ1) is 23.2. The lowest BCUT2D eigenvalue weighted by Gasteiger charge is -2.20. The number of anilines is 1. The van der Waals surface area contributed by atoms with E-state index in [0.29, 0.717) is 23.8 Å². The number of carbonyl (C=O) groups is 2. The Bertz CT molecular complexity index is 1050. The maximum Gasteiger partial charge on any atom is 0.253 e. The van der Waals surface area contributed by atoms with E-state index in [1.807, 2.05) is 0 Å². The van der Waals surface area contributed by atoms with E-state index in [1.165, 1.54) is 16.4 Å². The summed E-state index contributed by atoms with van der Waals surface area (Å²) in [7, 11) is -3.63. The molecule has 2 aromatic rings. The van der Waals surface area contributed by atoms with Gasteiger partial charge in [0.25, 0.3) is 5.91 Å².